The molecule has 0 aliphatic carbocycles. The zero-order valence-corrected chi connectivity index (χ0v) is 10.2. The SMILES string of the molecule is CC1Cc2cc(Cl)cc(C(CN)C(=O)O)c2O1. The first-order valence-electron chi connectivity index (χ1n) is 5.44. The van der Waals surface area contributed by atoms with E-state index < -0.39 is 11.9 Å². The molecule has 0 saturated carbocycles. The minimum Gasteiger partial charge on any atom is -0.490 e. The number of rotatable bonds is 3. The number of ether oxygens (including phenoxy) is 1. The van der Waals surface area contributed by atoms with E-state index in [0.29, 0.717) is 16.3 Å². The maximum Gasteiger partial charge on any atom is 0.312 e. The first-order valence-corrected chi connectivity index (χ1v) is 5.82. The first-order chi connectivity index (χ1) is 8.02. The predicted octanol–water partition coefficient (Wildman–Crippen LogP) is 1.79. The number of benzene rings is 1. The van der Waals surface area contributed by atoms with Crippen LogP contribution in [-0.2, 0) is 11.2 Å². The van der Waals surface area contributed by atoms with Gasteiger partial charge in [-0.15, -0.1) is 0 Å². The fourth-order valence-corrected chi connectivity index (χ4v) is 2.39. The van der Waals surface area contributed by atoms with Crippen LogP contribution in [0.4, 0.5) is 0 Å². The second-order valence-corrected chi connectivity index (χ2v) is 4.68. The van der Waals surface area contributed by atoms with E-state index in [0.717, 1.165) is 12.0 Å². The van der Waals surface area contributed by atoms with Gasteiger partial charge in [0.25, 0.3) is 0 Å². The quantitative estimate of drug-likeness (QED) is 0.864. The van der Waals surface area contributed by atoms with Crippen LogP contribution in [0.1, 0.15) is 24.0 Å². The van der Waals surface area contributed by atoms with Gasteiger partial charge in [0.15, 0.2) is 0 Å². The Balaban J connectivity index is 2.51. The Morgan fingerprint density at radius 3 is 3.00 bits per heavy atom. The largest absolute Gasteiger partial charge is 0.490 e. The minimum absolute atomic E-state index is 0.0276. The van der Waals surface area contributed by atoms with Crippen molar-refractivity contribution in [1.29, 1.82) is 0 Å². The molecule has 5 heteroatoms. The third-order valence-corrected chi connectivity index (χ3v) is 3.11. The molecule has 1 aromatic carbocycles. The van der Waals surface area contributed by atoms with Gasteiger partial charge >= 0.3 is 5.97 Å². The maximum absolute atomic E-state index is 11.1. The zero-order chi connectivity index (χ0) is 12.6. The molecule has 0 aromatic heterocycles. The van der Waals surface area contributed by atoms with Crippen molar-refractivity contribution >= 4 is 17.6 Å². The van der Waals surface area contributed by atoms with Crippen molar-refractivity contribution < 1.29 is 14.6 Å². The number of hydrogen-bond acceptors (Lipinski definition) is 3. The number of aliphatic carboxylic acids is 1. The fourth-order valence-electron chi connectivity index (χ4n) is 2.14. The molecule has 1 aromatic rings. The van der Waals surface area contributed by atoms with Gasteiger partial charge in [-0.05, 0) is 24.6 Å². The number of fused-ring (bicyclic) bond motifs is 1. The molecule has 2 rings (SSSR count). The van der Waals surface area contributed by atoms with E-state index in [-0.39, 0.29) is 12.6 Å². The van der Waals surface area contributed by atoms with Crippen LogP contribution in [0, 0.1) is 0 Å². The summed E-state index contributed by atoms with van der Waals surface area (Å²) < 4.78 is 5.65. The van der Waals surface area contributed by atoms with E-state index in [4.69, 9.17) is 27.2 Å². The van der Waals surface area contributed by atoms with Crippen molar-refractivity contribution in [2.75, 3.05) is 6.54 Å². The first kappa shape index (κ1) is 12.2. The van der Waals surface area contributed by atoms with Gasteiger partial charge in [-0.25, -0.2) is 0 Å². The molecule has 2 unspecified atom stereocenters. The lowest BCUT2D eigenvalue weighted by molar-refractivity contribution is -0.138. The van der Waals surface area contributed by atoms with Crippen molar-refractivity contribution in [2.24, 2.45) is 5.73 Å². The third kappa shape index (κ3) is 2.23. The molecule has 0 saturated heterocycles. The number of hydrogen-bond donors (Lipinski definition) is 2. The molecule has 4 nitrogen and oxygen atoms in total. The van der Waals surface area contributed by atoms with E-state index in [2.05, 4.69) is 0 Å². The van der Waals surface area contributed by atoms with Crippen molar-refractivity contribution in [3.8, 4) is 5.75 Å². The summed E-state index contributed by atoms with van der Waals surface area (Å²) in [5, 5.41) is 9.66. The van der Waals surface area contributed by atoms with Gasteiger partial charge in [-0.1, -0.05) is 11.6 Å². The van der Waals surface area contributed by atoms with Crippen LogP contribution in [0.3, 0.4) is 0 Å². The third-order valence-electron chi connectivity index (χ3n) is 2.89. The van der Waals surface area contributed by atoms with E-state index in [1.807, 2.05) is 13.0 Å². The molecule has 3 N–H and O–H groups in total. The second-order valence-electron chi connectivity index (χ2n) is 4.24. The van der Waals surface area contributed by atoms with Crippen LogP contribution >= 0.6 is 11.6 Å². The molecule has 1 aliphatic heterocycles. The molecule has 0 spiro atoms. The van der Waals surface area contributed by atoms with E-state index in [1.54, 1.807) is 6.07 Å². The highest BCUT2D eigenvalue weighted by atomic mass is 35.5. The molecule has 92 valence electrons. The fraction of sp³-hybridized carbons (Fsp3) is 0.417. The molecule has 1 heterocycles. The Hall–Kier alpha value is -1.26. The average Bonchev–Trinajstić information content (AvgIpc) is 2.58. The van der Waals surface area contributed by atoms with Crippen LogP contribution in [0.25, 0.3) is 0 Å². The number of carbonyl (C=O) groups is 1. The Labute approximate surface area is 104 Å². The molecule has 2 atom stereocenters. The molecule has 0 bridgehead atoms. The number of nitrogens with two attached hydrogens (primary N) is 1. The number of halogens is 1. The molecule has 0 fully saturated rings. The van der Waals surface area contributed by atoms with Gasteiger partial charge in [0.2, 0.25) is 0 Å². The van der Waals surface area contributed by atoms with Gasteiger partial charge in [0.1, 0.15) is 11.9 Å². The van der Waals surface area contributed by atoms with Crippen molar-refractivity contribution in [3.05, 3.63) is 28.3 Å². The Morgan fingerprint density at radius 1 is 1.71 bits per heavy atom. The summed E-state index contributed by atoms with van der Waals surface area (Å²) in [7, 11) is 0. The van der Waals surface area contributed by atoms with Crippen LogP contribution in [-0.4, -0.2) is 23.7 Å². The summed E-state index contributed by atoms with van der Waals surface area (Å²) in [6.07, 6.45) is 0.800. The highest BCUT2D eigenvalue weighted by Crippen LogP contribution is 2.38. The Kier molecular flexibility index (Phi) is 3.26. The van der Waals surface area contributed by atoms with Gasteiger partial charge in [0.05, 0.1) is 5.92 Å². The second kappa shape index (κ2) is 4.55. The maximum atomic E-state index is 11.1. The van der Waals surface area contributed by atoms with Crippen LogP contribution in [0.5, 0.6) is 5.75 Å². The number of carboxylic acid groups (broad SMARTS) is 1. The standard InChI is InChI=1S/C12H14ClNO3/c1-6-2-7-3-8(13)4-9(11(7)17-6)10(5-14)12(15)16/h3-4,6,10H,2,5,14H2,1H3,(H,15,16). The van der Waals surface area contributed by atoms with Crippen LogP contribution < -0.4 is 10.5 Å². The van der Waals surface area contributed by atoms with Gasteiger partial charge in [-0.3, -0.25) is 4.79 Å². The molecule has 0 amide bonds. The summed E-state index contributed by atoms with van der Waals surface area (Å²) in [6.45, 7) is 1.97. The lowest BCUT2D eigenvalue weighted by Crippen LogP contribution is -2.22. The lowest BCUT2D eigenvalue weighted by Gasteiger charge is -2.15. The highest BCUT2D eigenvalue weighted by Gasteiger charge is 2.29. The van der Waals surface area contributed by atoms with Gasteiger partial charge in [0, 0.05) is 23.6 Å². The summed E-state index contributed by atoms with van der Waals surface area (Å²) in [6, 6.07) is 3.45. The summed E-state index contributed by atoms with van der Waals surface area (Å²) >= 11 is 5.99. The smallest absolute Gasteiger partial charge is 0.312 e. The summed E-state index contributed by atoms with van der Waals surface area (Å²) in [5.41, 5.74) is 7.04. The van der Waals surface area contributed by atoms with E-state index in [1.165, 1.54) is 0 Å². The summed E-state index contributed by atoms with van der Waals surface area (Å²) in [4.78, 5) is 11.1. The van der Waals surface area contributed by atoms with Crippen molar-refractivity contribution in [3.63, 3.8) is 0 Å². The monoisotopic (exact) mass is 255 g/mol. The minimum atomic E-state index is -0.958. The molecule has 1 aliphatic rings. The van der Waals surface area contributed by atoms with Crippen LogP contribution in [0.15, 0.2) is 12.1 Å². The van der Waals surface area contributed by atoms with Crippen molar-refractivity contribution in [2.45, 2.75) is 25.4 Å². The lowest BCUT2D eigenvalue weighted by atomic mass is 9.95. The number of carboxylic acids is 1. The van der Waals surface area contributed by atoms with Gasteiger partial charge < -0.3 is 15.6 Å². The van der Waals surface area contributed by atoms with E-state index >= 15 is 0 Å². The molecular formula is C12H14ClNO3. The molecule has 17 heavy (non-hydrogen) atoms. The molecule has 0 radical (unpaired) electrons. The van der Waals surface area contributed by atoms with Crippen molar-refractivity contribution in [1.82, 2.24) is 0 Å². The highest BCUT2D eigenvalue weighted by molar-refractivity contribution is 6.30. The zero-order valence-electron chi connectivity index (χ0n) is 9.44. The topological polar surface area (TPSA) is 72.6 Å². The Bertz CT molecular complexity index is 461. The predicted molar refractivity (Wildman–Crippen MR) is 64.7 cm³/mol. The average molecular weight is 256 g/mol. The van der Waals surface area contributed by atoms with E-state index in [9.17, 15) is 4.79 Å². The normalized spacial score (nSPS) is 19.6. The van der Waals surface area contributed by atoms with Crippen LogP contribution in [0.2, 0.25) is 5.02 Å². The molecular weight excluding hydrogens is 242 g/mol. The van der Waals surface area contributed by atoms with Gasteiger partial charge in [-0.2, -0.15) is 0 Å². The summed E-state index contributed by atoms with van der Waals surface area (Å²) in [5.74, 6) is -1.09. The Morgan fingerprint density at radius 2 is 2.41 bits per heavy atom.